The monoisotopic (exact) mass is 352 g/mol. The van der Waals surface area contributed by atoms with Crippen molar-refractivity contribution in [1.82, 2.24) is 9.97 Å². The molecule has 0 saturated heterocycles. The molecule has 4 rings (SSSR count). The summed E-state index contributed by atoms with van der Waals surface area (Å²) in [4.78, 5) is 7.86. The van der Waals surface area contributed by atoms with E-state index in [1.807, 2.05) is 48.5 Å². The normalized spacial score (nSPS) is 11.0. The quantitative estimate of drug-likeness (QED) is 0.519. The first-order valence-corrected chi connectivity index (χ1v) is 8.19. The number of nitrogens with one attached hydrogen (secondary N) is 1. The SMILES string of the molecule is Fc1cccc(Cl)c1COc1cccc(-c2nc3ccccc3[nH]2)c1. The van der Waals surface area contributed by atoms with Crippen LogP contribution in [-0.4, -0.2) is 9.97 Å². The zero-order chi connectivity index (χ0) is 17.2. The van der Waals surface area contributed by atoms with Gasteiger partial charge in [-0.05, 0) is 36.4 Å². The number of fused-ring (bicyclic) bond motifs is 1. The van der Waals surface area contributed by atoms with Crippen molar-refractivity contribution in [3.05, 3.63) is 83.1 Å². The minimum absolute atomic E-state index is 0.0646. The lowest BCUT2D eigenvalue weighted by molar-refractivity contribution is 0.300. The maximum absolute atomic E-state index is 13.8. The van der Waals surface area contributed by atoms with Crippen molar-refractivity contribution < 1.29 is 9.13 Å². The summed E-state index contributed by atoms with van der Waals surface area (Å²) in [5.41, 5.74) is 3.12. The van der Waals surface area contributed by atoms with Crippen LogP contribution in [0.2, 0.25) is 5.02 Å². The number of halogens is 2. The molecule has 0 aliphatic rings. The number of imidazole rings is 1. The molecule has 1 aromatic heterocycles. The third-order valence-electron chi connectivity index (χ3n) is 3.94. The molecule has 1 N–H and O–H groups in total. The third-order valence-corrected chi connectivity index (χ3v) is 4.30. The Bertz CT molecular complexity index is 991. The Morgan fingerprint density at radius 2 is 1.84 bits per heavy atom. The highest BCUT2D eigenvalue weighted by atomic mass is 35.5. The largest absolute Gasteiger partial charge is 0.489 e. The summed E-state index contributed by atoms with van der Waals surface area (Å²) in [5, 5.41) is 0.355. The molecular formula is C20H14ClFN2O. The van der Waals surface area contributed by atoms with Gasteiger partial charge in [-0.1, -0.05) is 41.9 Å². The highest BCUT2D eigenvalue weighted by Crippen LogP contribution is 2.26. The molecule has 3 nitrogen and oxygen atoms in total. The Morgan fingerprint density at radius 3 is 2.68 bits per heavy atom. The number of hydrogen-bond donors (Lipinski definition) is 1. The Labute approximate surface area is 149 Å². The van der Waals surface area contributed by atoms with Crippen LogP contribution < -0.4 is 4.74 Å². The van der Waals surface area contributed by atoms with Crippen LogP contribution in [0.1, 0.15) is 5.56 Å². The summed E-state index contributed by atoms with van der Waals surface area (Å²) in [7, 11) is 0. The smallest absolute Gasteiger partial charge is 0.138 e. The van der Waals surface area contributed by atoms with Gasteiger partial charge in [0.15, 0.2) is 0 Å². The molecular weight excluding hydrogens is 339 g/mol. The average molecular weight is 353 g/mol. The van der Waals surface area contributed by atoms with Gasteiger partial charge in [0.25, 0.3) is 0 Å². The maximum Gasteiger partial charge on any atom is 0.138 e. The predicted octanol–water partition coefficient (Wildman–Crippen LogP) is 5.60. The topological polar surface area (TPSA) is 37.9 Å². The van der Waals surface area contributed by atoms with E-state index in [4.69, 9.17) is 16.3 Å². The second-order valence-corrected chi connectivity index (χ2v) is 6.03. The number of rotatable bonds is 4. The fraction of sp³-hybridized carbons (Fsp3) is 0.0500. The number of benzene rings is 3. The van der Waals surface area contributed by atoms with Crippen LogP contribution in [0.25, 0.3) is 22.4 Å². The van der Waals surface area contributed by atoms with Crippen molar-refractivity contribution in [2.45, 2.75) is 6.61 Å². The van der Waals surface area contributed by atoms with Gasteiger partial charge in [0, 0.05) is 11.1 Å². The lowest BCUT2D eigenvalue weighted by atomic mass is 10.2. The van der Waals surface area contributed by atoms with Crippen molar-refractivity contribution in [3.8, 4) is 17.1 Å². The van der Waals surface area contributed by atoms with Crippen LogP contribution in [-0.2, 0) is 6.61 Å². The van der Waals surface area contributed by atoms with Gasteiger partial charge in [0.05, 0.1) is 16.1 Å². The van der Waals surface area contributed by atoms with Crippen molar-refractivity contribution in [1.29, 1.82) is 0 Å². The Balaban J connectivity index is 1.59. The number of H-pyrrole nitrogens is 1. The second kappa shape index (κ2) is 6.57. The van der Waals surface area contributed by atoms with Gasteiger partial charge in [-0.2, -0.15) is 0 Å². The Morgan fingerprint density at radius 1 is 1.00 bits per heavy atom. The summed E-state index contributed by atoms with van der Waals surface area (Å²) in [6.45, 7) is 0.0646. The van der Waals surface area contributed by atoms with Gasteiger partial charge in [0.1, 0.15) is 24.0 Å². The minimum atomic E-state index is -0.374. The van der Waals surface area contributed by atoms with Crippen molar-refractivity contribution >= 4 is 22.6 Å². The number of aromatic amines is 1. The molecule has 0 saturated carbocycles. The Hall–Kier alpha value is -2.85. The fourth-order valence-corrected chi connectivity index (χ4v) is 2.87. The van der Waals surface area contributed by atoms with Crippen molar-refractivity contribution in [3.63, 3.8) is 0 Å². The second-order valence-electron chi connectivity index (χ2n) is 5.62. The molecule has 0 bridgehead atoms. The van der Waals surface area contributed by atoms with Crippen LogP contribution in [0.5, 0.6) is 5.75 Å². The molecule has 0 amide bonds. The predicted molar refractivity (Wildman–Crippen MR) is 97.3 cm³/mol. The molecule has 0 fully saturated rings. The first kappa shape index (κ1) is 15.7. The highest BCUT2D eigenvalue weighted by Gasteiger charge is 2.09. The summed E-state index contributed by atoms with van der Waals surface area (Å²) >= 11 is 6.03. The van der Waals surface area contributed by atoms with Gasteiger partial charge in [-0.15, -0.1) is 0 Å². The van der Waals surface area contributed by atoms with E-state index in [9.17, 15) is 4.39 Å². The van der Waals surface area contributed by atoms with E-state index in [1.165, 1.54) is 6.07 Å². The summed E-state index contributed by atoms with van der Waals surface area (Å²) in [6, 6.07) is 19.9. The molecule has 0 atom stereocenters. The molecule has 3 aromatic carbocycles. The summed E-state index contributed by atoms with van der Waals surface area (Å²) < 4.78 is 19.6. The van der Waals surface area contributed by atoms with Gasteiger partial charge < -0.3 is 9.72 Å². The molecule has 4 aromatic rings. The molecule has 0 aliphatic carbocycles. The van der Waals surface area contributed by atoms with Gasteiger partial charge >= 0.3 is 0 Å². The van der Waals surface area contributed by atoms with Gasteiger partial charge in [0.2, 0.25) is 0 Å². The van der Waals surface area contributed by atoms with Crippen LogP contribution in [0, 0.1) is 5.82 Å². The standard InChI is InChI=1S/C20H14ClFN2O/c21-16-7-4-8-17(22)15(16)12-25-14-6-3-5-13(11-14)20-23-18-9-1-2-10-19(18)24-20/h1-11H,12H2,(H,23,24). The zero-order valence-corrected chi connectivity index (χ0v) is 13.9. The molecule has 0 unspecified atom stereocenters. The fourth-order valence-electron chi connectivity index (χ4n) is 2.65. The van der Waals surface area contributed by atoms with Crippen LogP contribution in [0.15, 0.2) is 66.7 Å². The van der Waals surface area contributed by atoms with E-state index in [2.05, 4.69) is 9.97 Å². The van der Waals surface area contributed by atoms with Gasteiger partial charge in [-0.3, -0.25) is 0 Å². The molecule has 1 heterocycles. The Kier molecular flexibility index (Phi) is 4.12. The molecule has 5 heteroatoms. The molecule has 0 aliphatic heterocycles. The molecule has 124 valence electrons. The van der Waals surface area contributed by atoms with E-state index in [0.717, 1.165) is 22.4 Å². The first-order valence-electron chi connectivity index (χ1n) is 7.81. The molecule has 25 heavy (non-hydrogen) atoms. The summed E-state index contributed by atoms with van der Waals surface area (Å²) in [5.74, 6) is 1.01. The van der Waals surface area contributed by atoms with E-state index in [1.54, 1.807) is 12.1 Å². The number of nitrogens with zero attached hydrogens (tertiary/aromatic N) is 1. The summed E-state index contributed by atoms with van der Waals surface area (Å²) in [6.07, 6.45) is 0. The van der Waals surface area contributed by atoms with E-state index >= 15 is 0 Å². The zero-order valence-electron chi connectivity index (χ0n) is 13.2. The lowest BCUT2D eigenvalue weighted by Gasteiger charge is -2.09. The van der Waals surface area contributed by atoms with Gasteiger partial charge in [-0.25, -0.2) is 9.37 Å². The highest BCUT2D eigenvalue weighted by molar-refractivity contribution is 6.31. The van der Waals surface area contributed by atoms with E-state index in [-0.39, 0.29) is 12.4 Å². The third kappa shape index (κ3) is 3.21. The first-order chi connectivity index (χ1) is 12.2. The van der Waals surface area contributed by atoms with E-state index < -0.39 is 0 Å². The lowest BCUT2D eigenvalue weighted by Crippen LogP contribution is -1.99. The number of para-hydroxylation sites is 2. The van der Waals surface area contributed by atoms with Crippen molar-refractivity contribution in [2.75, 3.05) is 0 Å². The average Bonchev–Trinajstić information content (AvgIpc) is 3.06. The number of hydrogen-bond acceptors (Lipinski definition) is 2. The van der Waals surface area contributed by atoms with Crippen LogP contribution in [0.3, 0.4) is 0 Å². The van der Waals surface area contributed by atoms with Crippen LogP contribution in [0.4, 0.5) is 4.39 Å². The number of ether oxygens (including phenoxy) is 1. The maximum atomic E-state index is 13.8. The minimum Gasteiger partial charge on any atom is -0.489 e. The molecule has 0 radical (unpaired) electrons. The number of aromatic nitrogens is 2. The molecule has 0 spiro atoms. The van der Waals surface area contributed by atoms with E-state index in [0.29, 0.717) is 16.3 Å². The van der Waals surface area contributed by atoms with Crippen molar-refractivity contribution in [2.24, 2.45) is 0 Å². The van der Waals surface area contributed by atoms with Crippen LogP contribution >= 0.6 is 11.6 Å².